The quantitative estimate of drug-likeness (QED) is 0.755. The molecular weight excluding hydrogens is 304 g/mol. The molecule has 0 heterocycles. The lowest BCUT2D eigenvalue weighted by atomic mass is 10.0. The van der Waals surface area contributed by atoms with Crippen LogP contribution < -0.4 is 10.5 Å². The van der Waals surface area contributed by atoms with Crippen molar-refractivity contribution in [2.75, 3.05) is 6.54 Å². The van der Waals surface area contributed by atoms with Crippen molar-refractivity contribution in [3.05, 3.63) is 29.3 Å². The molecule has 1 saturated carbocycles. The van der Waals surface area contributed by atoms with Crippen LogP contribution in [0.2, 0.25) is 0 Å². The number of nitrogens with two attached hydrogens (primary N) is 1. The van der Waals surface area contributed by atoms with Crippen molar-refractivity contribution in [2.24, 2.45) is 11.1 Å². The van der Waals surface area contributed by atoms with Crippen LogP contribution in [-0.2, 0) is 10.0 Å². The van der Waals surface area contributed by atoms with E-state index >= 15 is 0 Å². The molecule has 1 aromatic carbocycles. The van der Waals surface area contributed by atoms with E-state index in [1.54, 1.807) is 25.1 Å². The van der Waals surface area contributed by atoms with Crippen LogP contribution >= 0.6 is 12.2 Å². The van der Waals surface area contributed by atoms with Crippen LogP contribution in [0.3, 0.4) is 0 Å². The molecule has 0 atom stereocenters. The summed E-state index contributed by atoms with van der Waals surface area (Å²) in [6.45, 7) is 4.42. The second kappa shape index (κ2) is 6.02. The maximum atomic E-state index is 12.4. The fourth-order valence-electron chi connectivity index (χ4n) is 2.65. The van der Waals surface area contributed by atoms with Gasteiger partial charge in [-0.25, -0.2) is 13.1 Å². The van der Waals surface area contributed by atoms with Crippen LogP contribution in [0.25, 0.3) is 0 Å². The van der Waals surface area contributed by atoms with Gasteiger partial charge in [0.1, 0.15) is 4.99 Å². The highest BCUT2D eigenvalue weighted by Gasteiger charge is 2.42. The third-order valence-electron chi connectivity index (χ3n) is 4.12. The van der Waals surface area contributed by atoms with Gasteiger partial charge in [-0.3, -0.25) is 0 Å². The third-order valence-corrected chi connectivity index (χ3v) is 5.92. The molecule has 1 aromatic rings. The highest BCUT2D eigenvalue weighted by molar-refractivity contribution is 7.89. The number of hydrogen-bond acceptors (Lipinski definition) is 3. The number of thiocarbonyl (C=S) groups is 1. The molecule has 1 aliphatic carbocycles. The van der Waals surface area contributed by atoms with Crippen molar-refractivity contribution in [2.45, 2.75) is 44.4 Å². The summed E-state index contributed by atoms with van der Waals surface area (Å²) in [6.07, 6.45) is 4.39. The lowest BCUT2D eigenvalue weighted by Crippen LogP contribution is -2.30. The Morgan fingerprint density at radius 3 is 2.57 bits per heavy atom. The standard InChI is InChI=1S/C15H22N2O2S2/c1-3-6-15(7-8-15)10-17-21(18,19)13-5-4-12(14(16)20)9-11(13)2/h4-5,9,17H,3,6-8,10H2,1-2H3,(H2,16,20). The summed E-state index contributed by atoms with van der Waals surface area (Å²) >= 11 is 4.91. The minimum absolute atomic E-state index is 0.189. The SMILES string of the molecule is CCCC1(CNS(=O)(=O)c2ccc(C(N)=S)cc2C)CC1. The predicted molar refractivity (Wildman–Crippen MR) is 88.8 cm³/mol. The van der Waals surface area contributed by atoms with Crippen molar-refractivity contribution in [3.8, 4) is 0 Å². The van der Waals surface area contributed by atoms with Crippen molar-refractivity contribution in [3.63, 3.8) is 0 Å². The maximum absolute atomic E-state index is 12.4. The topological polar surface area (TPSA) is 72.2 Å². The molecule has 116 valence electrons. The molecule has 0 spiro atoms. The average molecular weight is 326 g/mol. The molecule has 4 nitrogen and oxygen atoms in total. The van der Waals surface area contributed by atoms with Gasteiger partial charge in [-0.1, -0.05) is 31.6 Å². The van der Waals surface area contributed by atoms with Gasteiger partial charge in [0.25, 0.3) is 0 Å². The molecule has 0 amide bonds. The summed E-state index contributed by atoms with van der Waals surface area (Å²) in [5.74, 6) is 0. The highest BCUT2D eigenvalue weighted by Crippen LogP contribution is 2.49. The van der Waals surface area contributed by atoms with Crippen LogP contribution in [0.4, 0.5) is 0 Å². The minimum Gasteiger partial charge on any atom is -0.389 e. The van der Waals surface area contributed by atoms with Gasteiger partial charge in [-0.2, -0.15) is 0 Å². The van der Waals surface area contributed by atoms with Gasteiger partial charge in [0.05, 0.1) is 4.90 Å². The van der Waals surface area contributed by atoms with Crippen molar-refractivity contribution >= 4 is 27.2 Å². The van der Waals surface area contributed by atoms with Crippen LogP contribution in [0.1, 0.15) is 43.7 Å². The van der Waals surface area contributed by atoms with Crippen LogP contribution in [-0.4, -0.2) is 20.0 Å². The fourth-order valence-corrected chi connectivity index (χ4v) is 4.16. The van der Waals surface area contributed by atoms with Gasteiger partial charge in [-0.05, 0) is 49.3 Å². The smallest absolute Gasteiger partial charge is 0.240 e. The lowest BCUT2D eigenvalue weighted by Gasteiger charge is -2.16. The summed E-state index contributed by atoms with van der Waals surface area (Å²) in [6, 6.07) is 4.95. The van der Waals surface area contributed by atoms with E-state index in [1.807, 2.05) is 0 Å². The van der Waals surface area contributed by atoms with Crippen LogP contribution in [0, 0.1) is 12.3 Å². The number of rotatable bonds is 7. The van der Waals surface area contributed by atoms with E-state index in [4.69, 9.17) is 18.0 Å². The molecule has 21 heavy (non-hydrogen) atoms. The number of aryl methyl sites for hydroxylation is 1. The molecule has 3 N–H and O–H groups in total. The van der Waals surface area contributed by atoms with Crippen molar-refractivity contribution in [1.29, 1.82) is 0 Å². The van der Waals surface area contributed by atoms with Gasteiger partial charge in [0.15, 0.2) is 0 Å². The molecule has 0 aromatic heterocycles. The van der Waals surface area contributed by atoms with E-state index in [1.165, 1.54) is 0 Å². The third kappa shape index (κ3) is 3.81. The van der Waals surface area contributed by atoms with E-state index in [0.717, 1.165) is 25.7 Å². The van der Waals surface area contributed by atoms with Crippen LogP contribution in [0.15, 0.2) is 23.1 Å². The van der Waals surface area contributed by atoms with Gasteiger partial charge >= 0.3 is 0 Å². The Morgan fingerprint density at radius 2 is 2.10 bits per heavy atom. The average Bonchev–Trinajstić information content (AvgIpc) is 3.17. The van der Waals surface area contributed by atoms with E-state index in [2.05, 4.69) is 11.6 Å². The Balaban J connectivity index is 2.14. The molecule has 1 aliphatic rings. The number of nitrogens with one attached hydrogen (secondary N) is 1. The zero-order valence-electron chi connectivity index (χ0n) is 12.5. The summed E-state index contributed by atoms with van der Waals surface area (Å²) in [7, 11) is -3.48. The summed E-state index contributed by atoms with van der Waals surface area (Å²) < 4.78 is 27.6. The monoisotopic (exact) mass is 326 g/mol. The molecule has 6 heteroatoms. The Bertz CT molecular complexity index is 650. The van der Waals surface area contributed by atoms with E-state index in [9.17, 15) is 8.42 Å². The van der Waals surface area contributed by atoms with Crippen LogP contribution in [0.5, 0.6) is 0 Å². The van der Waals surface area contributed by atoms with Gasteiger partial charge < -0.3 is 5.73 Å². The molecule has 1 fully saturated rings. The second-order valence-electron chi connectivity index (χ2n) is 5.92. The Labute approximate surface area is 132 Å². The minimum atomic E-state index is -3.48. The predicted octanol–water partition coefficient (Wildman–Crippen LogP) is 2.49. The molecule has 0 aliphatic heterocycles. The van der Waals surface area contributed by atoms with E-state index in [0.29, 0.717) is 22.6 Å². The first-order valence-corrected chi connectivity index (χ1v) is 9.09. The molecule has 2 rings (SSSR count). The zero-order valence-corrected chi connectivity index (χ0v) is 14.1. The lowest BCUT2D eigenvalue weighted by molar-refractivity contribution is 0.449. The first-order valence-electron chi connectivity index (χ1n) is 7.20. The summed E-state index contributed by atoms with van der Waals surface area (Å²) in [5.41, 5.74) is 7.10. The Hall–Kier alpha value is -0.980. The second-order valence-corrected chi connectivity index (χ2v) is 8.09. The first-order chi connectivity index (χ1) is 9.80. The maximum Gasteiger partial charge on any atom is 0.240 e. The normalized spacial score (nSPS) is 16.7. The molecule has 0 unspecified atom stereocenters. The van der Waals surface area contributed by atoms with Gasteiger partial charge in [0, 0.05) is 12.1 Å². The van der Waals surface area contributed by atoms with E-state index in [-0.39, 0.29) is 10.4 Å². The Morgan fingerprint density at radius 1 is 1.43 bits per heavy atom. The van der Waals surface area contributed by atoms with Crippen molar-refractivity contribution < 1.29 is 8.42 Å². The summed E-state index contributed by atoms with van der Waals surface area (Å²) in [4.78, 5) is 0.574. The van der Waals surface area contributed by atoms with E-state index < -0.39 is 10.0 Å². The molecule has 0 bridgehead atoms. The summed E-state index contributed by atoms with van der Waals surface area (Å²) in [5, 5.41) is 0. The highest BCUT2D eigenvalue weighted by atomic mass is 32.2. The van der Waals surface area contributed by atoms with Gasteiger partial charge in [-0.15, -0.1) is 0 Å². The fraction of sp³-hybridized carbons (Fsp3) is 0.533. The molecule has 0 radical (unpaired) electrons. The molecular formula is C15H22N2O2S2. The number of hydrogen-bond donors (Lipinski definition) is 2. The largest absolute Gasteiger partial charge is 0.389 e. The van der Waals surface area contributed by atoms with Crippen molar-refractivity contribution in [1.82, 2.24) is 4.72 Å². The number of benzene rings is 1. The molecule has 0 saturated heterocycles. The number of sulfonamides is 1. The zero-order chi connectivity index (χ0) is 15.7. The first kappa shape index (κ1) is 16.4. The Kier molecular flexibility index (Phi) is 4.70. The van der Waals surface area contributed by atoms with Gasteiger partial charge in [0.2, 0.25) is 10.0 Å².